The van der Waals surface area contributed by atoms with Crippen LogP contribution < -0.4 is 5.32 Å². The van der Waals surface area contributed by atoms with Gasteiger partial charge < -0.3 is 5.32 Å². The lowest BCUT2D eigenvalue weighted by Crippen LogP contribution is -2.25. The fourth-order valence-corrected chi connectivity index (χ4v) is 4.21. The first-order valence-corrected chi connectivity index (χ1v) is 11.9. The van der Waals surface area contributed by atoms with Crippen molar-refractivity contribution in [2.24, 2.45) is 0 Å². The largest absolute Gasteiger partial charge is 0.351 e. The molecule has 1 amide bonds. The third-order valence-corrected chi connectivity index (χ3v) is 6.06. The Morgan fingerprint density at radius 3 is 2.16 bits per heavy atom. The maximum absolute atomic E-state index is 13.4. The zero-order valence-corrected chi connectivity index (χ0v) is 20.1. The van der Waals surface area contributed by atoms with E-state index in [4.69, 9.17) is 0 Å². The highest BCUT2D eigenvalue weighted by atomic mass is 32.1. The molecule has 0 unspecified atom stereocenters. The summed E-state index contributed by atoms with van der Waals surface area (Å²) in [6.45, 7) is 11.3. The zero-order valence-electron chi connectivity index (χ0n) is 19.3. The standard InChI is InChI=1S/C26H32FN3OS/c1-5-14-28-25(31)23-18-32-24(29-23)17-30(16-20-8-12-22(27)13-9-20)15-19-6-10-21(11-7-19)26(2,3)4/h6-13,18H,5,14-17H2,1-4H3,(H,28,31). The number of thiazole rings is 1. The van der Waals surface area contributed by atoms with Crippen molar-refractivity contribution in [1.82, 2.24) is 15.2 Å². The van der Waals surface area contributed by atoms with Gasteiger partial charge in [-0.05, 0) is 40.7 Å². The van der Waals surface area contributed by atoms with Crippen LogP contribution in [0.4, 0.5) is 4.39 Å². The van der Waals surface area contributed by atoms with Gasteiger partial charge in [-0.3, -0.25) is 9.69 Å². The Kier molecular flexibility index (Phi) is 8.15. The fourth-order valence-electron chi connectivity index (χ4n) is 3.39. The van der Waals surface area contributed by atoms with Gasteiger partial charge in [0.15, 0.2) is 0 Å². The molecule has 0 aliphatic heterocycles. The smallest absolute Gasteiger partial charge is 0.270 e. The van der Waals surface area contributed by atoms with Gasteiger partial charge in [0.2, 0.25) is 0 Å². The lowest BCUT2D eigenvalue weighted by molar-refractivity contribution is 0.0949. The summed E-state index contributed by atoms with van der Waals surface area (Å²) >= 11 is 1.50. The van der Waals surface area contributed by atoms with E-state index in [2.05, 4.69) is 60.2 Å². The summed E-state index contributed by atoms with van der Waals surface area (Å²) < 4.78 is 13.4. The molecule has 4 nitrogen and oxygen atoms in total. The Morgan fingerprint density at radius 1 is 1.00 bits per heavy atom. The van der Waals surface area contributed by atoms with Gasteiger partial charge in [0.1, 0.15) is 16.5 Å². The minimum absolute atomic E-state index is 0.113. The first kappa shape index (κ1) is 24.1. The Bertz CT molecular complexity index is 1010. The van der Waals surface area contributed by atoms with Crippen LogP contribution in [-0.2, 0) is 25.0 Å². The Hall–Kier alpha value is -2.57. The number of rotatable bonds is 9. The third-order valence-electron chi connectivity index (χ3n) is 5.22. The highest BCUT2D eigenvalue weighted by Gasteiger charge is 2.16. The molecule has 1 heterocycles. The Morgan fingerprint density at radius 2 is 1.59 bits per heavy atom. The normalized spacial score (nSPS) is 11.7. The van der Waals surface area contributed by atoms with Crippen LogP contribution in [0.2, 0.25) is 0 Å². The van der Waals surface area contributed by atoms with Gasteiger partial charge in [0.25, 0.3) is 5.91 Å². The molecule has 0 spiro atoms. The number of hydrogen-bond acceptors (Lipinski definition) is 4. The monoisotopic (exact) mass is 453 g/mol. The molecule has 3 rings (SSSR count). The molecule has 1 aromatic heterocycles. The van der Waals surface area contributed by atoms with Gasteiger partial charge in [-0.25, -0.2) is 9.37 Å². The first-order chi connectivity index (χ1) is 15.2. The van der Waals surface area contributed by atoms with Crippen molar-refractivity contribution in [2.45, 2.75) is 59.2 Å². The maximum Gasteiger partial charge on any atom is 0.270 e. The highest BCUT2D eigenvalue weighted by molar-refractivity contribution is 7.09. The van der Waals surface area contributed by atoms with Gasteiger partial charge >= 0.3 is 0 Å². The molecule has 6 heteroatoms. The number of nitrogens with one attached hydrogen (secondary N) is 1. The van der Waals surface area contributed by atoms with Crippen LogP contribution in [0.5, 0.6) is 0 Å². The summed E-state index contributed by atoms with van der Waals surface area (Å²) in [6, 6.07) is 15.3. The molecule has 2 aromatic carbocycles. The molecule has 0 aliphatic rings. The SMILES string of the molecule is CCCNC(=O)c1csc(CN(Cc2ccc(F)cc2)Cc2ccc(C(C)(C)C)cc2)n1. The molecule has 0 bridgehead atoms. The van der Waals surface area contributed by atoms with Gasteiger partial charge in [-0.15, -0.1) is 11.3 Å². The van der Waals surface area contributed by atoms with E-state index in [1.165, 1.54) is 34.6 Å². The lowest BCUT2D eigenvalue weighted by Gasteiger charge is -2.23. The number of carbonyl (C=O) groups excluding carboxylic acids is 1. The quantitative estimate of drug-likeness (QED) is 0.437. The van der Waals surface area contributed by atoms with E-state index in [9.17, 15) is 9.18 Å². The van der Waals surface area contributed by atoms with E-state index in [-0.39, 0.29) is 17.1 Å². The van der Waals surface area contributed by atoms with Crippen molar-refractivity contribution >= 4 is 17.2 Å². The predicted molar refractivity (Wildman–Crippen MR) is 129 cm³/mol. The molecule has 1 N–H and O–H groups in total. The molecule has 3 aromatic rings. The van der Waals surface area contributed by atoms with Crippen molar-refractivity contribution in [3.63, 3.8) is 0 Å². The summed E-state index contributed by atoms with van der Waals surface area (Å²) in [5.41, 5.74) is 4.12. The number of nitrogens with zero attached hydrogens (tertiary/aromatic N) is 2. The minimum atomic E-state index is -0.235. The lowest BCUT2D eigenvalue weighted by atomic mass is 9.87. The second-order valence-electron chi connectivity index (χ2n) is 9.10. The predicted octanol–water partition coefficient (Wildman–Crippen LogP) is 5.92. The second kappa shape index (κ2) is 10.8. The van der Waals surface area contributed by atoms with E-state index in [0.29, 0.717) is 25.3 Å². The molecule has 0 fully saturated rings. The first-order valence-electron chi connectivity index (χ1n) is 11.0. The van der Waals surface area contributed by atoms with Crippen LogP contribution >= 0.6 is 11.3 Å². The molecule has 170 valence electrons. The van der Waals surface area contributed by atoms with Crippen LogP contribution in [0, 0.1) is 5.82 Å². The summed E-state index contributed by atoms with van der Waals surface area (Å²) in [7, 11) is 0. The second-order valence-corrected chi connectivity index (χ2v) is 10.0. The number of halogens is 1. The average molecular weight is 454 g/mol. The molecule has 0 saturated heterocycles. The number of amides is 1. The molecular formula is C26H32FN3OS. The van der Waals surface area contributed by atoms with E-state index in [1.807, 2.05) is 24.4 Å². The van der Waals surface area contributed by atoms with E-state index >= 15 is 0 Å². The molecule has 0 saturated carbocycles. The third kappa shape index (κ3) is 6.97. The van der Waals surface area contributed by atoms with Crippen LogP contribution in [0.1, 0.15) is 66.3 Å². The van der Waals surface area contributed by atoms with Crippen molar-refractivity contribution in [3.05, 3.63) is 87.1 Å². The van der Waals surface area contributed by atoms with Crippen molar-refractivity contribution in [1.29, 1.82) is 0 Å². The van der Waals surface area contributed by atoms with E-state index in [1.54, 1.807) is 0 Å². The van der Waals surface area contributed by atoms with Gasteiger partial charge in [-0.1, -0.05) is 64.1 Å². The van der Waals surface area contributed by atoms with Gasteiger partial charge in [0, 0.05) is 25.0 Å². The maximum atomic E-state index is 13.4. The van der Waals surface area contributed by atoms with Crippen LogP contribution in [0.25, 0.3) is 0 Å². The van der Waals surface area contributed by atoms with E-state index < -0.39 is 0 Å². The number of benzene rings is 2. The van der Waals surface area contributed by atoms with Crippen LogP contribution in [-0.4, -0.2) is 22.3 Å². The summed E-state index contributed by atoms with van der Waals surface area (Å²) in [5, 5.41) is 5.58. The van der Waals surface area contributed by atoms with Crippen LogP contribution in [0.3, 0.4) is 0 Å². The summed E-state index contributed by atoms with van der Waals surface area (Å²) in [4.78, 5) is 19.0. The van der Waals surface area contributed by atoms with E-state index in [0.717, 1.165) is 23.5 Å². The van der Waals surface area contributed by atoms with Crippen LogP contribution in [0.15, 0.2) is 53.9 Å². The summed E-state index contributed by atoms with van der Waals surface area (Å²) in [6.07, 6.45) is 0.891. The van der Waals surface area contributed by atoms with Gasteiger partial charge in [0.05, 0.1) is 6.54 Å². The zero-order chi connectivity index (χ0) is 23.1. The number of carbonyl (C=O) groups is 1. The topological polar surface area (TPSA) is 45.2 Å². The Labute approximate surface area is 194 Å². The van der Waals surface area contributed by atoms with Crippen molar-refractivity contribution < 1.29 is 9.18 Å². The number of hydrogen-bond donors (Lipinski definition) is 1. The fraction of sp³-hybridized carbons (Fsp3) is 0.385. The Balaban J connectivity index is 1.75. The molecule has 0 radical (unpaired) electrons. The molecule has 32 heavy (non-hydrogen) atoms. The van der Waals surface area contributed by atoms with Crippen molar-refractivity contribution in [3.8, 4) is 0 Å². The molecule has 0 atom stereocenters. The minimum Gasteiger partial charge on any atom is -0.351 e. The highest BCUT2D eigenvalue weighted by Crippen LogP contribution is 2.23. The number of aromatic nitrogens is 1. The summed E-state index contributed by atoms with van der Waals surface area (Å²) in [5.74, 6) is -0.363. The molecular weight excluding hydrogens is 421 g/mol. The van der Waals surface area contributed by atoms with Crippen molar-refractivity contribution in [2.75, 3.05) is 6.54 Å². The molecule has 0 aliphatic carbocycles. The van der Waals surface area contributed by atoms with Gasteiger partial charge in [-0.2, -0.15) is 0 Å². The average Bonchev–Trinajstić information content (AvgIpc) is 3.22.